The molecule has 7 heteroatoms. The number of aliphatic hydroxyl groups is 1. The number of sulfonamides is 1. The van der Waals surface area contributed by atoms with Crippen LogP contribution in [0.2, 0.25) is 0 Å². The molecule has 1 heterocycles. The Morgan fingerprint density at radius 2 is 1.96 bits per heavy atom. The summed E-state index contributed by atoms with van der Waals surface area (Å²) in [5.74, 6) is 0.625. The molecule has 1 atom stereocenters. The third-order valence-electron chi connectivity index (χ3n) is 4.43. The van der Waals surface area contributed by atoms with Gasteiger partial charge >= 0.3 is 0 Å². The van der Waals surface area contributed by atoms with Crippen LogP contribution in [0.3, 0.4) is 0 Å². The molecule has 6 nitrogen and oxygen atoms in total. The van der Waals surface area contributed by atoms with Crippen molar-refractivity contribution in [3.05, 3.63) is 59.8 Å². The summed E-state index contributed by atoms with van der Waals surface area (Å²) in [4.78, 5) is 0.140. The first-order valence-corrected chi connectivity index (χ1v) is 9.68. The second kappa shape index (κ2) is 7.11. The highest BCUT2D eigenvalue weighted by molar-refractivity contribution is 7.89. The summed E-state index contributed by atoms with van der Waals surface area (Å²) in [5.41, 5.74) is 2.40. The fourth-order valence-corrected chi connectivity index (χ4v) is 4.16. The van der Waals surface area contributed by atoms with Gasteiger partial charge in [-0.3, -0.25) is 0 Å². The number of hydrogen-bond acceptors (Lipinski definition) is 4. The van der Waals surface area contributed by atoms with Crippen LogP contribution in [0.5, 0.6) is 5.75 Å². The van der Waals surface area contributed by atoms with Crippen molar-refractivity contribution in [1.29, 1.82) is 0 Å². The van der Waals surface area contributed by atoms with Gasteiger partial charge in [-0.05, 0) is 36.8 Å². The lowest BCUT2D eigenvalue weighted by atomic mass is 10.1. The average molecular weight is 374 g/mol. The predicted octanol–water partition coefficient (Wildman–Crippen LogP) is 2.51. The van der Waals surface area contributed by atoms with Gasteiger partial charge in [-0.2, -0.15) is 0 Å². The van der Waals surface area contributed by atoms with Crippen LogP contribution < -0.4 is 9.46 Å². The summed E-state index contributed by atoms with van der Waals surface area (Å²) >= 11 is 0. The summed E-state index contributed by atoms with van der Waals surface area (Å²) in [6.07, 6.45) is 0.872. The molecule has 0 aliphatic carbocycles. The summed E-state index contributed by atoms with van der Waals surface area (Å²) in [6.45, 7) is 1.67. The van der Waals surface area contributed by atoms with Gasteiger partial charge in [0.25, 0.3) is 0 Å². The predicted molar refractivity (Wildman–Crippen MR) is 101 cm³/mol. The van der Waals surface area contributed by atoms with Crippen LogP contribution >= 0.6 is 0 Å². The van der Waals surface area contributed by atoms with Gasteiger partial charge in [0.1, 0.15) is 5.75 Å². The quantitative estimate of drug-likeness (QED) is 0.695. The van der Waals surface area contributed by atoms with E-state index in [2.05, 4.69) is 4.72 Å². The van der Waals surface area contributed by atoms with Gasteiger partial charge in [0.15, 0.2) is 0 Å². The second-order valence-corrected chi connectivity index (χ2v) is 7.98. The third-order valence-corrected chi connectivity index (χ3v) is 5.85. The number of aromatic nitrogens is 1. The number of benzene rings is 2. The largest absolute Gasteiger partial charge is 0.496 e. The molecular weight excluding hydrogens is 352 g/mol. The van der Waals surface area contributed by atoms with E-state index in [0.29, 0.717) is 11.3 Å². The first kappa shape index (κ1) is 18.4. The van der Waals surface area contributed by atoms with Crippen LogP contribution in [0.25, 0.3) is 10.9 Å². The Morgan fingerprint density at radius 3 is 2.65 bits per heavy atom. The van der Waals surface area contributed by atoms with Crippen molar-refractivity contribution < 1.29 is 18.3 Å². The number of methoxy groups -OCH3 is 1. The Bertz CT molecular complexity index is 1040. The second-order valence-electron chi connectivity index (χ2n) is 6.21. The third kappa shape index (κ3) is 3.46. The number of aryl methyl sites for hydroxylation is 2. The molecule has 0 fully saturated rings. The lowest BCUT2D eigenvalue weighted by Gasteiger charge is -2.13. The molecule has 0 aliphatic rings. The molecule has 0 saturated heterocycles. The normalized spacial score (nSPS) is 13.1. The summed E-state index contributed by atoms with van der Waals surface area (Å²) in [5, 5.41) is 11.4. The number of nitrogens with zero attached hydrogens (tertiary/aromatic N) is 1. The number of ether oxygens (including phenoxy) is 1. The Hall–Kier alpha value is -2.35. The molecule has 26 heavy (non-hydrogen) atoms. The van der Waals surface area contributed by atoms with E-state index in [4.69, 9.17) is 4.74 Å². The molecular formula is C19H22N2O4S. The Morgan fingerprint density at radius 1 is 1.23 bits per heavy atom. The maximum Gasteiger partial charge on any atom is 0.240 e. The minimum absolute atomic E-state index is 0.110. The van der Waals surface area contributed by atoms with E-state index in [1.807, 2.05) is 42.1 Å². The van der Waals surface area contributed by atoms with E-state index < -0.39 is 16.1 Å². The number of nitrogens with one attached hydrogen (secondary N) is 1. The Kier molecular flexibility index (Phi) is 5.04. The van der Waals surface area contributed by atoms with Crippen LogP contribution in [0.15, 0.2) is 53.6 Å². The zero-order valence-electron chi connectivity index (χ0n) is 14.9. The van der Waals surface area contributed by atoms with E-state index in [-0.39, 0.29) is 11.4 Å². The Balaban J connectivity index is 1.80. The van der Waals surface area contributed by atoms with Gasteiger partial charge in [0.2, 0.25) is 10.0 Å². The van der Waals surface area contributed by atoms with Crippen LogP contribution in [0.1, 0.15) is 17.2 Å². The number of para-hydroxylation sites is 1. The summed E-state index contributed by atoms with van der Waals surface area (Å²) in [6, 6.07) is 12.3. The molecule has 3 aromatic rings. The molecule has 0 bridgehead atoms. The standard InChI is InChI=1S/C19H22N2O4S/c1-13-10-14(8-9-19(13)25-3)26(23,24)20-11-18(22)16-12-21(2)17-7-5-4-6-15(16)17/h4-10,12,18,20,22H,11H2,1-3H3. The number of rotatable bonds is 6. The minimum Gasteiger partial charge on any atom is -0.496 e. The van der Waals surface area contributed by atoms with E-state index in [9.17, 15) is 13.5 Å². The summed E-state index contributed by atoms with van der Waals surface area (Å²) < 4.78 is 34.6. The van der Waals surface area contributed by atoms with Crippen LogP contribution in [0.4, 0.5) is 0 Å². The van der Waals surface area contributed by atoms with Crippen molar-refractivity contribution in [3.63, 3.8) is 0 Å². The fourth-order valence-electron chi connectivity index (χ4n) is 3.04. The van der Waals surface area contributed by atoms with Gasteiger partial charge in [-0.25, -0.2) is 13.1 Å². The molecule has 0 aliphatic heterocycles. The molecule has 1 aromatic heterocycles. The maximum absolute atomic E-state index is 12.5. The highest BCUT2D eigenvalue weighted by atomic mass is 32.2. The van der Waals surface area contributed by atoms with Gasteiger partial charge in [-0.1, -0.05) is 18.2 Å². The first-order valence-electron chi connectivity index (χ1n) is 8.20. The summed E-state index contributed by atoms with van der Waals surface area (Å²) in [7, 11) is -0.301. The SMILES string of the molecule is COc1ccc(S(=O)(=O)NCC(O)c2cn(C)c3ccccc23)cc1C. The number of fused-ring (bicyclic) bond motifs is 1. The van der Waals surface area contributed by atoms with Gasteiger partial charge in [0.05, 0.1) is 18.1 Å². The van der Waals surface area contributed by atoms with Crippen molar-refractivity contribution in [2.45, 2.75) is 17.9 Å². The van der Waals surface area contributed by atoms with E-state index in [1.54, 1.807) is 19.1 Å². The van der Waals surface area contributed by atoms with Crippen molar-refractivity contribution >= 4 is 20.9 Å². The van der Waals surface area contributed by atoms with Crippen LogP contribution in [-0.2, 0) is 17.1 Å². The maximum atomic E-state index is 12.5. The van der Waals surface area contributed by atoms with Crippen molar-refractivity contribution in [2.24, 2.45) is 7.05 Å². The molecule has 2 aromatic carbocycles. The lowest BCUT2D eigenvalue weighted by molar-refractivity contribution is 0.183. The average Bonchev–Trinajstić information content (AvgIpc) is 2.97. The van der Waals surface area contributed by atoms with Crippen molar-refractivity contribution in [1.82, 2.24) is 9.29 Å². The first-order chi connectivity index (χ1) is 12.3. The molecule has 1 unspecified atom stereocenters. The molecule has 0 spiro atoms. The molecule has 138 valence electrons. The van der Waals surface area contributed by atoms with E-state index >= 15 is 0 Å². The minimum atomic E-state index is -3.73. The highest BCUT2D eigenvalue weighted by Crippen LogP contribution is 2.26. The van der Waals surface area contributed by atoms with Gasteiger partial charge in [-0.15, -0.1) is 0 Å². The number of aliphatic hydroxyl groups excluding tert-OH is 1. The van der Waals surface area contributed by atoms with E-state index in [1.165, 1.54) is 13.2 Å². The molecule has 0 radical (unpaired) electrons. The van der Waals surface area contributed by atoms with Gasteiger partial charge < -0.3 is 14.4 Å². The fraction of sp³-hybridized carbons (Fsp3) is 0.263. The smallest absolute Gasteiger partial charge is 0.240 e. The van der Waals surface area contributed by atoms with E-state index in [0.717, 1.165) is 16.5 Å². The molecule has 0 saturated carbocycles. The van der Waals surface area contributed by atoms with Crippen LogP contribution in [-0.4, -0.2) is 31.7 Å². The lowest BCUT2D eigenvalue weighted by Crippen LogP contribution is -2.28. The molecule has 3 rings (SSSR count). The van der Waals surface area contributed by atoms with Crippen molar-refractivity contribution in [3.8, 4) is 5.75 Å². The van der Waals surface area contributed by atoms with Crippen molar-refractivity contribution in [2.75, 3.05) is 13.7 Å². The molecule has 0 amide bonds. The zero-order chi connectivity index (χ0) is 18.9. The zero-order valence-corrected chi connectivity index (χ0v) is 15.7. The Labute approximate surface area is 153 Å². The number of hydrogen-bond donors (Lipinski definition) is 2. The van der Waals surface area contributed by atoms with Crippen LogP contribution in [0, 0.1) is 6.92 Å². The monoisotopic (exact) mass is 374 g/mol. The molecule has 2 N–H and O–H groups in total. The highest BCUT2D eigenvalue weighted by Gasteiger charge is 2.20. The van der Waals surface area contributed by atoms with Gasteiger partial charge in [0, 0.05) is 36.3 Å². The topological polar surface area (TPSA) is 80.6 Å².